The van der Waals surface area contributed by atoms with Gasteiger partial charge in [-0.2, -0.15) is 0 Å². The molecule has 0 aliphatic rings. The van der Waals surface area contributed by atoms with Crippen LogP contribution in [0.25, 0.3) is 12.2 Å². The molecule has 0 aliphatic carbocycles. The Bertz CT molecular complexity index is 628. The molecule has 28 heavy (non-hydrogen) atoms. The minimum absolute atomic E-state index is 0.0473. The van der Waals surface area contributed by atoms with Gasteiger partial charge in [-0.05, 0) is 35.4 Å². The van der Waals surface area contributed by atoms with Crippen LogP contribution in [0.3, 0.4) is 0 Å². The van der Waals surface area contributed by atoms with Gasteiger partial charge in [-0.1, -0.05) is 36.4 Å². The van der Waals surface area contributed by atoms with Crippen LogP contribution in [0.1, 0.15) is 11.1 Å². The van der Waals surface area contributed by atoms with Crippen molar-refractivity contribution in [2.24, 2.45) is 0 Å². The van der Waals surface area contributed by atoms with Crippen LogP contribution >= 0.6 is 0 Å². The number of aliphatic hydroxyl groups is 4. The van der Waals surface area contributed by atoms with Crippen LogP contribution in [0.15, 0.2) is 48.5 Å². The van der Waals surface area contributed by atoms with E-state index >= 15 is 0 Å². The fourth-order valence-electron chi connectivity index (χ4n) is 3.01. The molecule has 0 atom stereocenters. The van der Waals surface area contributed by atoms with Gasteiger partial charge in [0, 0.05) is 37.6 Å². The first kappa shape index (κ1) is 21.9. The Kier molecular flexibility index (Phi) is 9.51. The molecule has 2 aromatic carbocycles. The van der Waals surface area contributed by atoms with E-state index in [9.17, 15) is 0 Å². The van der Waals surface area contributed by atoms with Crippen molar-refractivity contribution in [2.75, 3.05) is 62.4 Å². The van der Waals surface area contributed by atoms with Crippen molar-refractivity contribution in [1.29, 1.82) is 0 Å². The Labute approximate surface area is 166 Å². The maximum absolute atomic E-state index is 9.14. The number of aliphatic hydroxyl groups excluding tert-OH is 4. The summed E-state index contributed by atoms with van der Waals surface area (Å²) in [6.45, 7) is 2.16. The van der Waals surface area contributed by atoms with Crippen molar-refractivity contribution in [3.05, 3.63) is 59.7 Å². The van der Waals surface area contributed by atoms with E-state index in [0.717, 1.165) is 22.5 Å². The summed E-state index contributed by atoms with van der Waals surface area (Å²) in [5.41, 5.74) is 4.06. The summed E-state index contributed by atoms with van der Waals surface area (Å²) in [5, 5.41) is 36.6. The zero-order chi connectivity index (χ0) is 20.2. The lowest BCUT2D eigenvalue weighted by molar-refractivity contribution is 0.280. The Morgan fingerprint density at radius 2 is 0.786 bits per heavy atom. The number of nitrogens with zero attached hydrogens (tertiary/aromatic N) is 2. The van der Waals surface area contributed by atoms with Gasteiger partial charge in [0.15, 0.2) is 0 Å². The molecule has 6 heteroatoms. The number of benzene rings is 2. The highest BCUT2D eigenvalue weighted by atomic mass is 16.3. The van der Waals surface area contributed by atoms with Crippen LogP contribution in [0, 0.1) is 0 Å². The lowest BCUT2D eigenvalue weighted by atomic mass is 10.1. The van der Waals surface area contributed by atoms with Gasteiger partial charge in [-0.3, -0.25) is 0 Å². The molecule has 0 amide bonds. The highest BCUT2D eigenvalue weighted by Crippen LogP contribution is 2.19. The second kappa shape index (κ2) is 12.2. The van der Waals surface area contributed by atoms with Gasteiger partial charge in [0.05, 0.1) is 26.4 Å². The summed E-state index contributed by atoms with van der Waals surface area (Å²) >= 11 is 0. The molecule has 4 N–H and O–H groups in total. The van der Waals surface area contributed by atoms with Crippen molar-refractivity contribution in [2.45, 2.75) is 0 Å². The molecule has 2 aromatic rings. The Morgan fingerprint density at radius 3 is 1.04 bits per heavy atom. The molecular weight excluding hydrogens is 356 g/mol. The van der Waals surface area contributed by atoms with Crippen molar-refractivity contribution in [3.63, 3.8) is 0 Å². The SMILES string of the molecule is OCCN(CCO)c1ccc(/C=C/c2ccc(N(CCO)CCO)cc2)cc1. The summed E-state index contributed by atoms with van der Waals surface area (Å²) in [6, 6.07) is 16.0. The van der Waals surface area contributed by atoms with Gasteiger partial charge < -0.3 is 30.2 Å². The molecule has 152 valence electrons. The Hall–Kier alpha value is -2.38. The van der Waals surface area contributed by atoms with Crippen molar-refractivity contribution < 1.29 is 20.4 Å². The van der Waals surface area contributed by atoms with E-state index in [-0.39, 0.29) is 26.4 Å². The van der Waals surface area contributed by atoms with Crippen LogP contribution < -0.4 is 9.80 Å². The first-order chi connectivity index (χ1) is 13.7. The monoisotopic (exact) mass is 386 g/mol. The first-order valence-corrected chi connectivity index (χ1v) is 9.53. The van der Waals surface area contributed by atoms with Crippen LogP contribution in [0.4, 0.5) is 11.4 Å². The minimum atomic E-state index is 0.0473. The molecule has 0 unspecified atom stereocenters. The number of hydrogen-bond acceptors (Lipinski definition) is 6. The van der Waals surface area contributed by atoms with Gasteiger partial charge >= 0.3 is 0 Å². The van der Waals surface area contributed by atoms with Gasteiger partial charge in [0.1, 0.15) is 0 Å². The van der Waals surface area contributed by atoms with E-state index < -0.39 is 0 Å². The molecular formula is C22H30N2O4. The minimum Gasteiger partial charge on any atom is -0.395 e. The predicted molar refractivity (Wildman–Crippen MR) is 115 cm³/mol. The third kappa shape index (κ3) is 6.65. The van der Waals surface area contributed by atoms with Crippen LogP contribution in [0.2, 0.25) is 0 Å². The smallest absolute Gasteiger partial charge is 0.0606 e. The van der Waals surface area contributed by atoms with E-state index in [0.29, 0.717) is 26.2 Å². The molecule has 0 spiro atoms. The molecule has 0 aromatic heterocycles. The second-order valence-electron chi connectivity index (χ2n) is 6.38. The van der Waals surface area contributed by atoms with E-state index in [1.165, 1.54) is 0 Å². The highest BCUT2D eigenvalue weighted by molar-refractivity contribution is 5.71. The van der Waals surface area contributed by atoms with Crippen molar-refractivity contribution in [3.8, 4) is 0 Å². The third-order valence-corrected chi connectivity index (χ3v) is 4.46. The van der Waals surface area contributed by atoms with Crippen molar-refractivity contribution in [1.82, 2.24) is 0 Å². The van der Waals surface area contributed by atoms with Crippen LogP contribution in [0.5, 0.6) is 0 Å². The Balaban J connectivity index is 2.02. The van der Waals surface area contributed by atoms with Crippen LogP contribution in [-0.4, -0.2) is 73.0 Å². The summed E-state index contributed by atoms with van der Waals surface area (Å²) in [6.07, 6.45) is 4.06. The summed E-state index contributed by atoms with van der Waals surface area (Å²) in [4.78, 5) is 3.88. The number of hydrogen-bond donors (Lipinski definition) is 4. The lowest BCUT2D eigenvalue weighted by Crippen LogP contribution is -2.29. The summed E-state index contributed by atoms with van der Waals surface area (Å²) in [5.74, 6) is 0. The normalized spacial score (nSPS) is 11.1. The molecule has 0 fully saturated rings. The molecule has 0 radical (unpaired) electrons. The fourth-order valence-corrected chi connectivity index (χ4v) is 3.01. The molecule has 2 rings (SSSR count). The van der Waals surface area contributed by atoms with Gasteiger partial charge in [0.2, 0.25) is 0 Å². The number of rotatable bonds is 12. The summed E-state index contributed by atoms with van der Waals surface area (Å²) in [7, 11) is 0. The molecule has 0 bridgehead atoms. The summed E-state index contributed by atoms with van der Waals surface area (Å²) < 4.78 is 0. The molecule has 0 saturated carbocycles. The standard InChI is InChI=1S/C22H30N2O4/c25-15-11-23(12-16-26)21-7-3-19(4-8-21)1-2-20-5-9-22(10-6-20)24(13-17-27)14-18-28/h1-10,25-28H,11-18H2/b2-1+. The van der Waals surface area contributed by atoms with E-state index in [1.54, 1.807) is 0 Å². The first-order valence-electron chi connectivity index (χ1n) is 9.53. The predicted octanol–water partition coefficient (Wildman–Crippen LogP) is 1.44. The lowest BCUT2D eigenvalue weighted by Gasteiger charge is -2.23. The van der Waals surface area contributed by atoms with E-state index in [1.807, 2.05) is 70.5 Å². The van der Waals surface area contributed by atoms with Crippen molar-refractivity contribution >= 4 is 23.5 Å². The molecule has 0 saturated heterocycles. The third-order valence-electron chi connectivity index (χ3n) is 4.46. The zero-order valence-corrected chi connectivity index (χ0v) is 16.1. The molecule has 0 aliphatic heterocycles. The van der Waals surface area contributed by atoms with Gasteiger partial charge in [-0.15, -0.1) is 0 Å². The number of anilines is 2. The maximum Gasteiger partial charge on any atom is 0.0606 e. The molecule has 0 heterocycles. The zero-order valence-electron chi connectivity index (χ0n) is 16.1. The van der Waals surface area contributed by atoms with Gasteiger partial charge in [-0.25, -0.2) is 0 Å². The largest absolute Gasteiger partial charge is 0.395 e. The topological polar surface area (TPSA) is 87.4 Å². The fraction of sp³-hybridized carbons (Fsp3) is 0.364. The van der Waals surface area contributed by atoms with Gasteiger partial charge in [0.25, 0.3) is 0 Å². The van der Waals surface area contributed by atoms with E-state index in [2.05, 4.69) is 0 Å². The molecule has 6 nitrogen and oxygen atoms in total. The van der Waals surface area contributed by atoms with Crippen LogP contribution in [-0.2, 0) is 0 Å². The highest BCUT2D eigenvalue weighted by Gasteiger charge is 2.05. The average molecular weight is 386 g/mol. The quantitative estimate of drug-likeness (QED) is 0.413. The second-order valence-corrected chi connectivity index (χ2v) is 6.38. The Morgan fingerprint density at radius 1 is 0.500 bits per heavy atom. The average Bonchev–Trinajstić information content (AvgIpc) is 2.73. The van der Waals surface area contributed by atoms with E-state index in [4.69, 9.17) is 20.4 Å². The maximum atomic E-state index is 9.14.